The molecule has 0 aliphatic rings. The molecule has 0 fully saturated rings. The van der Waals surface area contributed by atoms with Gasteiger partial charge in [-0.05, 0) is 11.6 Å². The second kappa shape index (κ2) is 7.61. The Bertz CT molecular complexity index is 366. The summed E-state index contributed by atoms with van der Waals surface area (Å²) in [5.41, 5.74) is 1.07. The number of nitrogens with zero attached hydrogens (tertiary/aromatic N) is 1. The van der Waals surface area contributed by atoms with Gasteiger partial charge in [-0.1, -0.05) is 36.4 Å². The van der Waals surface area contributed by atoms with E-state index < -0.39 is 0 Å². The summed E-state index contributed by atoms with van der Waals surface area (Å²) < 4.78 is 0.824. The summed E-state index contributed by atoms with van der Waals surface area (Å²) in [4.78, 5) is 11.6. The quantitative estimate of drug-likeness (QED) is 0.395. The minimum absolute atomic E-state index is 0. The van der Waals surface area contributed by atoms with E-state index in [2.05, 4.69) is 21.1 Å². The van der Waals surface area contributed by atoms with Crippen molar-refractivity contribution in [3.63, 3.8) is 0 Å². The predicted octanol–water partition coefficient (Wildman–Crippen LogP) is -0.631. The van der Waals surface area contributed by atoms with Gasteiger partial charge >= 0.3 is 0 Å². The van der Waals surface area contributed by atoms with E-state index in [0.29, 0.717) is 6.42 Å². The zero-order valence-electron chi connectivity index (χ0n) is 10.7. The maximum absolute atomic E-state index is 11.6. The Morgan fingerprint density at radius 3 is 2.29 bits per heavy atom. The number of carbonyl (C=O) groups is 1. The lowest BCUT2D eigenvalue weighted by Gasteiger charge is -2.22. The van der Waals surface area contributed by atoms with Crippen LogP contribution in [0.4, 0.5) is 0 Å². The average Bonchev–Trinajstić information content (AvgIpc) is 2.24. The molecular weight excluding hydrogens is 325 g/mol. The third-order valence-corrected chi connectivity index (χ3v) is 2.29. The lowest BCUT2D eigenvalue weighted by Crippen LogP contribution is -3.00. The van der Waals surface area contributed by atoms with E-state index in [1.807, 2.05) is 36.4 Å². The third-order valence-electron chi connectivity index (χ3n) is 2.29. The number of benzene rings is 1. The van der Waals surface area contributed by atoms with Crippen molar-refractivity contribution in [1.82, 2.24) is 0 Å². The van der Waals surface area contributed by atoms with Crippen LogP contribution in [0.5, 0.6) is 0 Å². The Kier molecular flexibility index (Phi) is 7.30. The molecule has 0 heterocycles. The van der Waals surface area contributed by atoms with Gasteiger partial charge in [0, 0.05) is 0 Å². The van der Waals surface area contributed by atoms with Crippen molar-refractivity contribution in [1.29, 1.82) is 0 Å². The second-order valence-electron chi connectivity index (χ2n) is 4.97. The van der Waals surface area contributed by atoms with Crippen LogP contribution in [-0.2, 0) is 4.79 Å². The van der Waals surface area contributed by atoms with Gasteiger partial charge in [-0.25, -0.2) is 0 Å². The van der Waals surface area contributed by atoms with Gasteiger partial charge < -0.3 is 28.5 Å². The van der Waals surface area contributed by atoms with Crippen LogP contribution in [0.2, 0.25) is 0 Å². The summed E-state index contributed by atoms with van der Waals surface area (Å²) in [6, 6.07) is 9.88. The Labute approximate surface area is 121 Å². The normalized spacial score (nSPS) is 11.2. The first-order valence-electron chi connectivity index (χ1n) is 5.54. The molecule has 0 N–H and O–H groups in total. The van der Waals surface area contributed by atoms with Gasteiger partial charge in [0.25, 0.3) is 0 Å². The molecule has 0 bridgehead atoms. The fourth-order valence-electron chi connectivity index (χ4n) is 1.28. The van der Waals surface area contributed by atoms with E-state index in [0.717, 1.165) is 16.6 Å². The number of rotatable bonds is 5. The van der Waals surface area contributed by atoms with Gasteiger partial charge in [-0.3, -0.25) is 4.79 Å². The zero-order valence-corrected chi connectivity index (χ0v) is 12.8. The molecule has 0 saturated carbocycles. The van der Waals surface area contributed by atoms with Gasteiger partial charge in [-0.15, -0.1) is 0 Å². The second-order valence-corrected chi connectivity index (χ2v) is 4.97. The number of allylic oxidation sites excluding steroid dienone is 1. The van der Waals surface area contributed by atoms with E-state index in [1.54, 1.807) is 6.08 Å². The van der Waals surface area contributed by atoms with E-state index in [1.165, 1.54) is 0 Å². The number of carbonyl (C=O) groups excluding carboxylic acids is 1. The maximum atomic E-state index is 11.6. The Morgan fingerprint density at radius 1 is 1.18 bits per heavy atom. The molecule has 0 amide bonds. The fraction of sp³-hybridized carbons (Fsp3) is 0.357. The van der Waals surface area contributed by atoms with Gasteiger partial charge in [0.15, 0.2) is 5.78 Å². The zero-order chi connectivity index (χ0) is 12.0. The molecule has 1 rings (SSSR count). The molecule has 3 heteroatoms. The highest BCUT2D eigenvalue weighted by Crippen LogP contribution is 2.02. The van der Waals surface area contributed by atoms with Crippen molar-refractivity contribution in [3.05, 3.63) is 42.0 Å². The van der Waals surface area contributed by atoms with E-state index in [4.69, 9.17) is 0 Å². The Morgan fingerprint density at radius 2 is 1.76 bits per heavy atom. The molecule has 94 valence electrons. The van der Waals surface area contributed by atoms with Crippen LogP contribution in [-0.4, -0.2) is 38.0 Å². The lowest BCUT2D eigenvalue weighted by molar-refractivity contribution is -0.869. The Hall–Kier alpha value is -0.680. The average molecular weight is 345 g/mol. The maximum Gasteiger partial charge on any atom is 0.161 e. The molecule has 0 spiro atoms. The minimum Gasteiger partial charge on any atom is -1.00 e. The molecule has 0 unspecified atom stereocenters. The van der Waals surface area contributed by atoms with Crippen LogP contribution in [0.25, 0.3) is 6.08 Å². The first-order valence-corrected chi connectivity index (χ1v) is 5.54. The van der Waals surface area contributed by atoms with Gasteiger partial charge in [-0.2, -0.15) is 0 Å². The molecular formula is C14H20INO. The summed E-state index contributed by atoms with van der Waals surface area (Å²) in [7, 11) is 6.27. The standard InChI is InChI=1S/C14H20NO.HI/c1-15(2,3)12-11-14(16)10-9-13-7-5-4-6-8-13;/h4-10H,11-12H2,1-3H3;1H/q+1;/p-1. The predicted molar refractivity (Wildman–Crippen MR) is 68.0 cm³/mol. The number of hydrogen-bond donors (Lipinski definition) is 0. The van der Waals surface area contributed by atoms with Crippen molar-refractivity contribution in [2.45, 2.75) is 6.42 Å². The van der Waals surface area contributed by atoms with Crippen LogP contribution < -0.4 is 24.0 Å². The number of quaternary nitrogens is 1. The van der Waals surface area contributed by atoms with Crippen LogP contribution in [0.1, 0.15) is 12.0 Å². The van der Waals surface area contributed by atoms with Crippen molar-refractivity contribution in [2.75, 3.05) is 27.7 Å². The Balaban J connectivity index is 0.00000256. The monoisotopic (exact) mass is 345 g/mol. The van der Waals surface area contributed by atoms with Crippen molar-refractivity contribution < 1.29 is 33.3 Å². The first-order chi connectivity index (χ1) is 7.47. The van der Waals surface area contributed by atoms with Crippen LogP contribution in [0.3, 0.4) is 0 Å². The van der Waals surface area contributed by atoms with E-state index in [-0.39, 0.29) is 29.8 Å². The van der Waals surface area contributed by atoms with Crippen LogP contribution in [0.15, 0.2) is 36.4 Å². The molecule has 1 aromatic carbocycles. The molecule has 2 nitrogen and oxygen atoms in total. The number of ketones is 1. The number of hydrogen-bond acceptors (Lipinski definition) is 1. The van der Waals surface area contributed by atoms with Gasteiger partial charge in [0.1, 0.15) is 0 Å². The highest BCUT2D eigenvalue weighted by Gasteiger charge is 2.08. The summed E-state index contributed by atoms with van der Waals surface area (Å²) >= 11 is 0. The van der Waals surface area contributed by atoms with E-state index >= 15 is 0 Å². The summed E-state index contributed by atoms with van der Waals surface area (Å²) in [6.07, 6.45) is 4.15. The number of halogens is 1. The fourth-order valence-corrected chi connectivity index (χ4v) is 1.28. The summed E-state index contributed by atoms with van der Waals surface area (Å²) in [6.45, 7) is 0.873. The lowest BCUT2D eigenvalue weighted by atomic mass is 10.1. The molecule has 1 aromatic rings. The van der Waals surface area contributed by atoms with Crippen LogP contribution >= 0.6 is 0 Å². The van der Waals surface area contributed by atoms with Crippen LogP contribution in [0, 0.1) is 0 Å². The van der Waals surface area contributed by atoms with Gasteiger partial charge in [0.2, 0.25) is 0 Å². The SMILES string of the molecule is C[N+](C)(C)CCC(=O)C=Cc1ccccc1.[I-]. The van der Waals surface area contributed by atoms with Crippen molar-refractivity contribution in [3.8, 4) is 0 Å². The summed E-state index contributed by atoms with van der Waals surface area (Å²) in [5, 5.41) is 0. The third kappa shape index (κ3) is 8.10. The largest absolute Gasteiger partial charge is 1.00 e. The molecule has 17 heavy (non-hydrogen) atoms. The minimum atomic E-state index is 0. The molecule has 0 aliphatic carbocycles. The highest BCUT2D eigenvalue weighted by molar-refractivity contribution is 5.93. The molecule has 0 saturated heterocycles. The summed E-state index contributed by atoms with van der Waals surface area (Å²) in [5.74, 6) is 0.192. The molecule has 0 aliphatic heterocycles. The highest BCUT2D eigenvalue weighted by atomic mass is 127. The topological polar surface area (TPSA) is 17.1 Å². The smallest absolute Gasteiger partial charge is 0.161 e. The van der Waals surface area contributed by atoms with Gasteiger partial charge in [0.05, 0.1) is 34.1 Å². The van der Waals surface area contributed by atoms with Crippen molar-refractivity contribution >= 4 is 11.9 Å². The molecule has 0 aromatic heterocycles. The van der Waals surface area contributed by atoms with Crippen molar-refractivity contribution in [2.24, 2.45) is 0 Å². The first kappa shape index (κ1) is 16.3. The van der Waals surface area contributed by atoms with E-state index in [9.17, 15) is 4.79 Å². The molecule has 0 radical (unpaired) electrons. The molecule has 0 atom stereocenters.